The molecule has 0 aliphatic carbocycles. The van der Waals surface area contributed by atoms with Gasteiger partial charge >= 0.3 is 6.18 Å². The van der Waals surface area contributed by atoms with E-state index in [1.807, 2.05) is 0 Å². The van der Waals surface area contributed by atoms with Gasteiger partial charge in [0.15, 0.2) is 15.5 Å². The minimum absolute atomic E-state index is 0.0436. The summed E-state index contributed by atoms with van der Waals surface area (Å²) in [4.78, 5) is 17.0. The second kappa shape index (κ2) is 8.73. The molecule has 2 aromatic heterocycles. The highest BCUT2D eigenvalue weighted by Crippen LogP contribution is 2.32. The number of sulfone groups is 1. The fourth-order valence-electron chi connectivity index (χ4n) is 3.28. The van der Waals surface area contributed by atoms with Crippen LogP contribution in [0.1, 0.15) is 28.0 Å². The molecule has 0 unspecified atom stereocenters. The van der Waals surface area contributed by atoms with Gasteiger partial charge in [-0.1, -0.05) is 18.2 Å². The second-order valence-electron chi connectivity index (χ2n) is 7.49. The lowest BCUT2D eigenvalue weighted by Gasteiger charge is -2.10. The first-order chi connectivity index (χ1) is 16.3. The number of fused-ring (bicyclic) bond motifs is 1. The lowest BCUT2D eigenvalue weighted by Crippen LogP contribution is -2.13. The molecular formula is C22H15F5N4O3S. The van der Waals surface area contributed by atoms with Crippen molar-refractivity contribution in [3.05, 3.63) is 77.6 Å². The SMILES string of the molecule is CS(=O)(=O)c1cccc(NC(=O)c2cnn3c(C(F)F)cc(-c4ccc(C(F)(F)F)cc4)nc23)c1. The monoisotopic (exact) mass is 510 g/mol. The lowest BCUT2D eigenvalue weighted by molar-refractivity contribution is -0.137. The van der Waals surface area contributed by atoms with E-state index in [0.29, 0.717) is 0 Å². The molecule has 0 fully saturated rings. The van der Waals surface area contributed by atoms with Gasteiger partial charge in [-0.3, -0.25) is 4.79 Å². The normalized spacial score (nSPS) is 12.3. The highest BCUT2D eigenvalue weighted by Gasteiger charge is 2.30. The maximum Gasteiger partial charge on any atom is 0.416 e. The van der Waals surface area contributed by atoms with Crippen molar-refractivity contribution in [2.24, 2.45) is 0 Å². The molecule has 0 aliphatic rings. The predicted molar refractivity (Wildman–Crippen MR) is 116 cm³/mol. The number of alkyl halides is 5. The van der Waals surface area contributed by atoms with E-state index in [4.69, 9.17) is 0 Å². The van der Waals surface area contributed by atoms with Crippen molar-refractivity contribution in [3.63, 3.8) is 0 Å². The molecule has 4 aromatic rings. The molecule has 35 heavy (non-hydrogen) atoms. The van der Waals surface area contributed by atoms with Crippen molar-refractivity contribution in [1.82, 2.24) is 14.6 Å². The summed E-state index contributed by atoms with van der Waals surface area (Å²) in [5.74, 6) is -0.803. The van der Waals surface area contributed by atoms with Crippen LogP contribution in [0.3, 0.4) is 0 Å². The highest BCUT2D eigenvalue weighted by atomic mass is 32.2. The number of nitrogens with one attached hydrogen (secondary N) is 1. The van der Waals surface area contributed by atoms with Gasteiger partial charge in [-0.2, -0.15) is 18.3 Å². The number of nitrogens with zero attached hydrogens (tertiary/aromatic N) is 3. The quantitative estimate of drug-likeness (QED) is 0.381. The molecule has 1 N–H and O–H groups in total. The Balaban J connectivity index is 1.76. The third-order valence-corrected chi connectivity index (χ3v) is 6.11. The molecule has 0 saturated carbocycles. The third-order valence-electron chi connectivity index (χ3n) is 5.00. The van der Waals surface area contributed by atoms with E-state index >= 15 is 0 Å². The van der Waals surface area contributed by atoms with Crippen LogP contribution in [0.4, 0.5) is 27.6 Å². The third kappa shape index (κ3) is 4.99. The zero-order valence-corrected chi connectivity index (χ0v) is 18.5. The fraction of sp³-hybridized carbons (Fsp3) is 0.136. The van der Waals surface area contributed by atoms with Crippen LogP contribution >= 0.6 is 0 Å². The summed E-state index contributed by atoms with van der Waals surface area (Å²) in [6, 6.07) is 10.2. The Morgan fingerprint density at radius 3 is 2.34 bits per heavy atom. The number of carbonyl (C=O) groups is 1. The molecule has 182 valence electrons. The number of amides is 1. The van der Waals surface area contributed by atoms with E-state index in [1.54, 1.807) is 0 Å². The minimum atomic E-state index is -4.57. The number of hydrogen-bond donors (Lipinski definition) is 1. The van der Waals surface area contributed by atoms with Gasteiger partial charge < -0.3 is 5.32 Å². The lowest BCUT2D eigenvalue weighted by atomic mass is 10.1. The van der Waals surface area contributed by atoms with Gasteiger partial charge in [0.1, 0.15) is 11.3 Å². The van der Waals surface area contributed by atoms with Crippen molar-refractivity contribution in [2.75, 3.05) is 11.6 Å². The van der Waals surface area contributed by atoms with E-state index in [0.717, 1.165) is 47.3 Å². The summed E-state index contributed by atoms with van der Waals surface area (Å²) in [7, 11) is -3.55. The van der Waals surface area contributed by atoms with E-state index in [-0.39, 0.29) is 33.1 Å². The summed E-state index contributed by atoms with van der Waals surface area (Å²) >= 11 is 0. The molecule has 4 rings (SSSR count). The Morgan fingerprint density at radius 1 is 1.06 bits per heavy atom. The Morgan fingerprint density at radius 2 is 1.74 bits per heavy atom. The molecular weight excluding hydrogens is 495 g/mol. The van der Waals surface area contributed by atoms with Crippen LogP contribution in [0.25, 0.3) is 16.9 Å². The standard InChI is InChI=1S/C22H15F5N4O3S/c1-35(33,34)15-4-2-3-14(9-15)29-21(32)16-11-28-31-18(19(23)24)10-17(30-20(16)31)12-5-7-13(8-6-12)22(25,26)27/h2-11,19H,1H3,(H,29,32). The molecule has 0 radical (unpaired) electrons. The predicted octanol–water partition coefficient (Wildman–Crippen LogP) is 5.01. The number of halogens is 5. The van der Waals surface area contributed by atoms with Crippen LogP contribution in [-0.4, -0.2) is 35.2 Å². The van der Waals surface area contributed by atoms with Crippen LogP contribution in [0.2, 0.25) is 0 Å². The van der Waals surface area contributed by atoms with Crippen molar-refractivity contribution in [3.8, 4) is 11.3 Å². The first-order valence-corrected chi connectivity index (χ1v) is 11.7. The summed E-state index contributed by atoms with van der Waals surface area (Å²) in [6.45, 7) is 0. The largest absolute Gasteiger partial charge is 0.416 e. The van der Waals surface area contributed by atoms with Gasteiger partial charge in [-0.05, 0) is 36.4 Å². The van der Waals surface area contributed by atoms with Crippen molar-refractivity contribution in [2.45, 2.75) is 17.5 Å². The molecule has 2 heterocycles. The summed E-state index contributed by atoms with van der Waals surface area (Å²) in [5.41, 5.74) is -1.84. The molecule has 0 bridgehead atoms. The maximum absolute atomic E-state index is 13.7. The van der Waals surface area contributed by atoms with Gasteiger partial charge in [0.05, 0.1) is 22.3 Å². The van der Waals surface area contributed by atoms with Gasteiger partial charge in [-0.25, -0.2) is 26.7 Å². The minimum Gasteiger partial charge on any atom is -0.322 e. The molecule has 0 saturated heterocycles. The average molecular weight is 510 g/mol. The van der Waals surface area contributed by atoms with Crippen LogP contribution in [0, 0.1) is 0 Å². The summed E-state index contributed by atoms with van der Waals surface area (Å²) in [6.07, 6.45) is -5.59. The van der Waals surface area contributed by atoms with E-state index < -0.39 is 39.6 Å². The maximum atomic E-state index is 13.7. The number of carbonyl (C=O) groups excluding carboxylic acids is 1. The van der Waals surface area contributed by atoms with E-state index in [2.05, 4.69) is 15.4 Å². The van der Waals surface area contributed by atoms with Gasteiger partial charge in [0.2, 0.25) is 0 Å². The van der Waals surface area contributed by atoms with E-state index in [9.17, 15) is 35.2 Å². The topological polar surface area (TPSA) is 93.4 Å². The number of aromatic nitrogens is 3. The summed E-state index contributed by atoms with van der Waals surface area (Å²) < 4.78 is 90.3. The van der Waals surface area contributed by atoms with Gasteiger partial charge in [-0.15, -0.1) is 0 Å². The Labute approximate surface area is 195 Å². The Bertz CT molecular complexity index is 1530. The first kappa shape index (κ1) is 24.3. The molecule has 2 aromatic carbocycles. The Kier molecular flexibility index (Phi) is 6.05. The van der Waals surface area contributed by atoms with Gasteiger partial charge in [0, 0.05) is 17.5 Å². The second-order valence-corrected chi connectivity index (χ2v) is 9.51. The molecule has 0 aliphatic heterocycles. The van der Waals surface area contributed by atoms with Crippen molar-refractivity contribution >= 4 is 27.1 Å². The zero-order chi connectivity index (χ0) is 25.5. The number of benzene rings is 2. The number of anilines is 1. The average Bonchev–Trinajstić information content (AvgIpc) is 3.21. The number of hydrogen-bond acceptors (Lipinski definition) is 5. The van der Waals surface area contributed by atoms with E-state index in [1.165, 1.54) is 24.3 Å². The van der Waals surface area contributed by atoms with Crippen LogP contribution in [0.5, 0.6) is 0 Å². The molecule has 7 nitrogen and oxygen atoms in total. The van der Waals surface area contributed by atoms with Crippen LogP contribution in [-0.2, 0) is 16.0 Å². The zero-order valence-electron chi connectivity index (χ0n) is 17.7. The smallest absolute Gasteiger partial charge is 0.322 e. The molecule has 1 amide bonds. The van der Waals surface area contributed by atoms with Crippen LogP contribution in [0.15, 0.2) is 65.7 Å². The fourth-order valence-corrected chi connectivity index (χ4v) is 3.95. The highest BCUT2D eigenvalue weighted by molar-refractivity contribution is 7.90. The molecule has 0 spiro atoms. The van der Waals surface area contributed by atoms with Crippen molar-refractivity contribution < 1.29 is 35.2 Å². The molecule has 0 atom stereocenters. The van der Waals surface area contributed by atoms with Crippen LogP contribution < -0.4 is 5.32 Å². The Hall–Kier alpha value is -3.87. The summed E-state index contributed by atoms with van der Waals surface area (Å²) in [5, 5.41) is 6.28. The van der Waals surface area contributed by atoms with Crippen molar-refractivity contribution in [1.29, 1.82) is 0 Å². The van der Waals surface area contributed by atoms with Gasteiger partial charge in [0.25, 0.3) is 12.3 Å². The number of rotatable bonds is 5. The molecule has 13 heteroatoms. The first-order valence-electron chi connectivity index (χ1n) is 9.80.